The zero-order chi connectivity index (χ0) is 14.1. The quantitative estimate of drug-likeness (QED) is 0.848. The molecule has 1 aromatic rings. The average Bonchev–Trinajstić information content (AvgIpc) is 2.99. The number of carbonyl (C=O) groups is 1. The Morgan fingerprint density at radius 3 is 2.79 bits per heavy atom. The third-order valence-electron chi connectivity index (χ3n) is 3.00. The standard InChI is InChI=1S/C11H13F3N2O2S/c1-18-8(17)3-2-7-6-19-9(15-7)16-10(4-5-10)11(12,13)14/h6H,2-5H2,1H3,(H,15,16). The molecule has 2 rings (SSSR count). The van der Waals surface area contributed by atoms with Crippen LogP contribution in [0.3, 0.4) is 0 Å². The summed E-state index contributed by atoms with van der Waals surface area (Å²) in [7, 11) is 1.29. The lowest BCUT2D eigenvalue weighted by Gasteiger charge is -2.19. The fourth-order valence-corrected chi connectivity index (χ4v) is 2.46. The summed E-state index contributed by atoms with van der Waals surface area (Å²) in [4.78, 5) is 15.0. The Morgan fingerprint density at radius 2 is 2.26 bits per heavy atom. The van der Waals surface area contributed by atoms with E-state index in [1.54, 1.807) is 5.38 Å². The van der Waals surface area contributed by atoms with Crippen LogP contribution in [0.5, 0.6) is 0 Å². The first-order chi connectivity index (χ1) is 8.86. The number of anilines is 1. The predicted octanol–water partition coefficient (Wildman–Crippen LogP) is 2.76. The Hall–Kier alpha value is -1.31. The van der Waals surface area contributed by atoms with Crippen molar-refractivity contribution in [3.63, 3.8) is 0 Å². The molecule has 1 aliphatic rings. The van der Waals surface area contributed by atoms with Crippen LogP contribution in [-0.4, -0.2) is 29.8 Å². The average molecular weight is 294 g/mol. The van der Waals surface area contributed by atoms with Gasteiger partial charge < -0.3 is 10.1 Å². The van der Waals surface area contributed by atoms with E-state index < -0.39 is 11.7 Å². The van der Waals surface area contributed by atoms with Gasteiger partial charge in [-0.15, -0.1) is 11.3 Å². The molecular weight excluding hydrogens is 281 g/mol. The minimum absolute atomic E-state index is 0.0770. The number of hydrogen-bond acceptors (Lipinski definition) is 5. The predicted molar refractivity (Wildman–Crippen MR) is 64.1 cm³/mol. The largest absolute Gasteiger partial charge is 0.469 e. The van der Waals surface area contributed by atoms with Gasteiger partial charge in [0.2, 0.25) is 0 Å². The second-order valence-electron chi connectivity index (χ2n) is 4.42. The van der Waals surface area contributed by atoms with Crippen LogP contribution in [0, 0.1) is 0 Å². The summed E-state index contributed by atoms with van der Waals surface area (Å²) in [5, 5.41) is 4.35. The lowest BCUT2D eigenvalue weighted by atomic mass is 10.2. The minimum Gasteiger partial charge on any atom is -0.469 e. The molecule has 0 atom stereocenters. The Morgan fingerprint density at radius 1 is 1.58 bits per heavy atom. The summed E-state index contributed by atoms with van der Waals surface area (Å²) in [5.41, 5.74) is -1.21. The monoisotopic (exact) mass is 294 g/mol. The number of rotatable bonds is 5. The van der Waals surface area contributed by atoms with Crippen molar-refractivity contribution in [1.82, 2.24) is 4.98 Å². The number of hydrogen-bond donors (Lipinski definition) is 1. The first-order valence-electron chi connectivity index (χ1n) is 5.72. The van der Waals surface area contributed by atoms with Gasteiger partial charge in [-0.2, -0.15) is 13.2 Å². The third-order valence-corrected chi connectivity index (χ3v) is 3.81. The second kappa shape index (κ2) is 4.99. The van der Waals surface area contributed by atoms with E-state index in [1.807, 2.05) is 0 Å². The maximum Gasteiger partial charge on any atom is 0.411 e. The molecule has 1 aliphatic carbocycles. The van der Waals surface area contributed by atoms with Crippen LogP contribution >= 0.6 is 11.3 Å². The lowest BCUT2D eigenvalue weighted by Crippen LogP contribution is -2.38. The molecule has 8 heteroatoms. The van der Waals surface area contributed by atoms with Crippen molar-refractivity contribution in [1.29, 1.82) is 0 Å². The van der Waals surface area contributed by atoms with Gasteiger partial charge in [0.15, 0.2) is 5.13 Å². The fourth-order valence-electron chi connectivity index (χ4n) is 1.62. The molecular formula is C11H13F3N2O2S. The molecule has 0 saturated heterocycles. The summed E-state index contributed by atoms with van der Waals surface area (Å²) in [5.74, 6) is -0.364. The Bertz CT molecular complexity index is 469. The molecule has 0 aromatic carbocycles. The number of aromatic nitrogens is 1. The van der Waals surface area contributed by atoms with Gasteiger partial charge in [-0.1, -0.05) is 0 Å². The Balaban J connectivity index is 1.93. The molecule has 19 heavy (non-hydrogen) atoms. The van der Waals surface area contributed by atoms with Crippen molar-refractivity contribution in [2.24, 2.45) is 0 Å². The number of nitrogens with one attached hydrogen (secondary N) is 1. The second-order valence-corrected chi connectivity index (χ2v) is 5.28. The molecule has 1 aromatic heterocycles. The van der Waals surface area contributed by atoms with Crippen molar-refractivity contribution >= 4 is 22.4 Å². The van der Waals surface area contributed by atoms with Crippen molar-refractivity contribution in [3.05, 3.63) is 11.1 Å². The zero-order valence-electron chi connectivity index (χ0n) is 10.2. The number of esters is 1. The van der Waals surface area contributed by atoms with E-state index >= 15 is 0 Å². The SMILES string of the molecule is COC(=O)CCc1csc(NC2(C(F)(F)F)CC2)n1. The molecule has 1 fully saturated rings. The van der Waals surface area contributed by atoms with E-state index in [1.165, 1.54) is 7.11 Å². The number of ether oxygens (including phenoxy) is 1. The van der Waals surface area contributed by atoms with Crippen LogP contribution in [0.1, 0.15) is 25.0 Å². The van der Waals surface area contributed by atoms with Crippen molar-refractivity contribution in [3.8, 4) is 0 Å². The van der Waals surface area contributed by atoms with Gasteiger partial charge >= 0.3 is 12.1 Å². The third kappa shape index (κ3) is 3.17. The molecule has 0 aliphatic heterocycles. The highest BCUT2D eigenvalue weighted by molar-refractivity contribution is 7.13. The van der Waals surface area contributed by atoms with Crippen molar-refractivity contribution in [2.75, 3.05) is 12.4 Å². The van der Waals surface area contributed by atoms with Crippen LogP contribution in [0.15, 0.2) is 5.38 Å². The Labute approximate surface area is 112 Å². The van der Waals surface area contributed by atoms with Gasteiger partial charge in [-0.3, -0.25) is 4.79 Å². The highest BCUT2D eigenvalue weighted by Gasteiger charge is 2.63. The normalized spacial score (nSPS) is 17.1. The summed E-state index contributed by atoms with van der Waals surface area (Å²) in [6, 6.07) is 0. The van der Waals surface area contributed by atoms with E-state index in [0.717, 1.165) is 11.3 Å². The summed E-state index contributed by atoms with van der Waals surface area (Å²) >= 11 is 1.12. The van der Waals surface area contributed by atoms with Crippen molar-refractivity contribution < 1.29 is 22.7 Å². The summed E-state index contributed by atoms with van der Waals surface area (Å²) < 4.78 is 42.7. The molecule has 0 bridgehead atoms. The van der Waals surface area contributed by atoms with E-state index in [4.69, 9.17) is 0 Å². The molecule has 1 heterocycles. The zero-order valence-corrected chi connectivity index (χ0v) is 11.0. The van der Waals surface area contributed by atoms with Gasteiger partial charge in [-0.05, 0) is 12.8 Å². The molecule has 106 valence electrons. The van der Waals surface area contributed by atoms with E-state index in [9.17, 15) is 18.0 Å². The van der Waals surface area contributed by atoms with Gasteiger partial charge in [0, 0.05) is 11.8 Å². The number of nitrogens with zero attached hydrogens (tertiary/aromatic N) is 1. The maximum atomic E-state index is 12.7. The number of carbonyl (C=O) groups excluding carboxylic acids is 1. The summed E-state index contributed by atoms with van der Waals surface area (Å²) in [6.07, 6.45) is -3.57. The summed E-state index contributed by atoms with van der Waals surface area (Å²) in [6.45, 7) is 0. The lowest BCUT2D eigenvalue weighted by molar-refractivity contribution is -0.151. The minimum atomic E-state index is -4.26. The van der Waals surface area contributed by atoms with E-state index in [2.05, 4.69) is 15.0 Å². The van der Waals surface area contributed by atoms with Crippen molar-refractivity contribution in [2.45, 2.75) is 37.4 Å². The van der Waals surface area contributed by atoms with Crippen LogP contribution in [0.4, 0.5) is 18.3 Å². The molecule has 0 radical (unpaired) electrons. The molecule has 0 spiro atoms. The molecule has 1 saturated carbocycles. The number of aryl methyl sites for hydroxylation is 1. The number of thiazole rings is 1. The van der Waals surface area contributed by atoms with Gasteiger partial charge in [0.05, 0.1) is 19.2 Å². The number of methoxy groups -OCH3 is 1. The fraction of sp³-hybridized carbons (Fsp3) is 0.636. The number of alkyl halides is 3. The molecule has 0 amide bonds. The molecule has 1 N–H and O–H groups in total. The van der Waals surface area contributed by atoms with Crippen LogP contribution in [-0.2, 0) is 16.0 Å². The Kier molecular flexibility index (Phi) is 3.71. The highest BCUT2D eigenvalue weighted by atomic mass is 32.1. The van der Waals surface area contributed by atoms with Crippen LogP contribution in [0.25, 0.3) is 0 Å². The van der Waals surface area contributed by atoms with Crippen LogP contribution in [0.2, 0.25) is 0 Å². The number of halogens is 3. The van der Waals surface area contributed by atoms with Gasteiger partial charge in [-0.25, -0.2) is 4.98 Å². The highest BCUT2D eigenvalue weighted by Crippen LogP contribution is 2.51. The maximum absolute atomic E-state index is 12.7. The van der Waals surface area contributed by atoms with Crippen LogP contribution < -0.4 is 5.32 Å². The molecule has 0 unspecified atom stereocenters. The van der Waals surface area contributed by atoms with E-state index in [0.29, 0.717) is 12.1 Å². The van der Waals surface area contributed by atoms with Gasteiger partial charge in [0.25, 0.3) is 0 Å². The first-order valence-corrected chi connectivity index (χ1v) is 6.60. The topological polar surface area (TPSA) is 51.2 Å². The van der Waals surface area contributed by atoms with Gasteiger partial charge in [0.1, 0.15) is 5.54 Å². The van der Waals surface area contributed by atoms with E-state index in [-0.39, 0.29) is 30.4 Å². The first kappa shape index (κ1) is 14.1. The smallest absolute Gasteiger partial charge is 0.411 e. The molecule has 4 nitrogen and oxygen atoms in total.